The van der Waals surface area contributed by atoms with Gasteiger partial charge in [0.25, 0.3) is 5.91 Å². The van der Waals surface area contributed by atoms with Crippen molar-refractivity contribution in [2.24, 2.45) is 11.8 Å². The highest BCUT2D eigenvalue weighted by Gasteiger charge is 2.32. The standard InChI is InChI=1S/C17H22ClNO2/c18-15-7-3-4-8-16(15)21-12-17(20)19-10-9-13-5-1-2-6-14(13)11-19/h3-4,7-8,13-14H,1-2,5-6,9-12H2. The van der Waals surface area contributed by atoms with Gasteiger partial charge in [-0.1, -0.05) is 43.0 Å². The highest BCUT2D eigenvalue weighted by Crippen LogP contribution is 2.36. The third-order valence-electron chi connectivity index (χ3n) is 4.83. The number of rotatable bonds is 3. The van der Waals surface area contributed by atoms with Gasteiger partial charge in [-0.2, -0.15) is 0 Å². The molecule has 2 atom stereocenters. The molecule has 21 heavy (non-hydrogen) atoms. The van der Waals surface area contributed by atoms with Crippen molar-refractivity contribution in [3.05, 3.63) is 29.3 Å². The van der Waals surface area contributed by atoms with E-state index in [0.717, 1.165) is 25.4 Å². The number of amides is 1. The topological polar surface area (TPSA) is 29.5 Å². The van der Waals surface area contributed by atoms with Crippen molar-refractivity contribution >= 4 is 17.5 Å². The van der Waals surface area contributed by atoms with Gasteiger partial charge in [0.15, 0.2) is 6.61 Å². The van der Waals surface area contributed by atoms with Crippen LogP contribution in [0, 0.1) is 11.8 Å². The largest absolute Gasteiger partial charge is 0.482 e. The van der Waals surface area contributed by atoms with E-state index < -0.39 is 0 Å². The third-order valence-corrected chi connectivity index (χ3v) is 5.14. The fourth-order valence-corrected chi connectivity index (χ4v) is 3.81. The van der Waals surface area contributed by atoms with E-state index in [-0.39, 0.29) is 12.5 Å². The smallest absolute Gasteiger partial charge is 0.260 e. The van der Waals surface area contributed by atoms with Crippen LogP contribution < -0.4 is 4.74 Å². The van der Waals surface area contributed by atoms with E-state index >= 15 is 0 Å². The summed E-state index contributed by atoms with van der Waals surface area (Å²) in [5.41, 5.74) is 0. The predicted molar refractivity (Wildman–Crippen MR) is 83.6 cm³/mol. The van der Waals surface area contributed by atoms with Gasteiger partial charge in [-0.15, -0.1) is 0 Å². The van der Waals surface area contributed by atoms with Crippen molar-refractivity contribution < 1.29 is 9.53 Å². The Balaban J connectivity index is 1.53. The Hall–Kier alpha value is -1.22. The molecule has 1 saturated carbocycles. The Kier molecular flexibility index (Phi) is 4.69. The van der Waals surface area contributed by atoms with Crippen LogP contribution in [0.2, 0.25) is 5.02 Å². The second kappa shape index (κ2) is 6.69. The van der Waals surface area contributed by atoms with Crippen molar-refractivity contribution in [3.63, 3.8) is 0 Å². The number of carbonyl (C=O) groups excluding carboxylic acids is 1. The minimum atomic E-state index is 0.0824. The zero-order valence-electron chi connectivity index (χ0n) is 12.3. The lowest BCUT2D eigenvalue weighted by Crippen LogP contribution is -2.46. The second-order valence-electron chi connectivity index (χ2n) is 6.15. The number of ether oxygens (including phenoxy) is 1. The summed E-state index contributed by atoms with van der Waals surface area (Å²) in [5, 5.41) is 0.552. The number of benzene rings is 1. The molecule has 1 aromatic rings. The lowest BCUT2D eigenvalue weighted by Gasteiger charge is -2.41. The molecule has 2 unspecified atom stereocenters. The van der Waals surface area contributed by atoms with E-state index in [0.29, 0.717) is 16.7 Å². The van der Waals surface area contributed by atoms with Crippen LogP contribution in [0.25, 0.3) is 0 Å². The first-order valence-electron chi connectivity index (χ1n) is 7.89. The Morgan fingerprint density at radius 1 is 1.19 bits per heavy atom. The van der Waals surface area contributed by atoms with Crippen LogP contribution in [0.5, 0.6) is 5.75 Å². The van der Waals surface area contributed by atoms with E-state index in [2.05, 4.69) is 0 Å². The van der Waals surface area contributed by atoms with Gasteiger partial charge in [0.2, 0.25) is 0 Å². The quantitative estimate of drug-likeness (QED) is 0.851. The average Bonchev–Trinajstić information content (AvgIpc) is 2.53. The van der Waals surface area contributed by atoms with Crippen LogP contribution in [0.1, 0.15) is 32.1 Å². The molecule has 1 aliphatic carbocycles. The molecule has 1 amide bonds. The molecule has 114 valence electrons. The molecule has 0 spiro atoms. The zero-order valence-corrected chi connectivity index (χ0v) is 13.0. The van der Waals surface area contributed by atoms with Crippen LogP contribution in [0.15, 0.2) is 24.3 Å². The number of carbonyl (C=O) groups is 1. The van der Waals surface area contributed by atoms with E-state index in [9.17, 15) is 4.79 Å². The summed E-state index contributed by atoms with van der Waals surface area (Å²) in [6.07, 6.45) is 6.47. The predicted octanol–water partition coefficient (Wildman–Crippen LogP) is 3.76. The van der Waals surface area contributed by atoms with Crippen LogP contribution in [-0.4, -0.2) is 30.5 Å². The molecule has 0 N–H and O–H groups in total. The maximum absolute atomic E-state index is 12.3. The minimum Gasteiger partial charge on any atom is -0.482 e. The second-order valence-corrected chi connectivity index (χ2v) is 6.56. The number of likely N-dealkylation sites (tertiary alicyclic amines) is 1. The first-order chi connectivity index (χ1) is 10.2. The van der Waals surface area contributed by atoms with E-state index in [1.165, 1.54) is 25.7 Å². The summed E-state index contributed by atoms with van der Waals surface area (Å²) in [4.78, 5) is 14.3. The summed E-state index contributed by atoms with van der Waals surface area (Å²) >= 11 is 6.03. The molecule has 0 bridgehead atoms. The third kappa shape index (κ3) is 3.52. The normalized spacial score (nSPS) is 25.3. The summed E-state index contributed by atoms with van der Waals surface area (Å²) in [5.74, 6) is 2.21. The maximum Gasteiger partial charge on any atom is 0.260 e. The lowest BCUT2D eigenvalue weighted by atomic mass is 9.75. The molecular formula is C17H22ClNO2. The molecule has 1 heterocycles. The molecule has 3 rings (SSSR count). The van der Waals surface area contributed by atoms with Gasteiger partial charge in [-0.05, 0) is 36.8 Å². The van der Waals surface area contributed by atoms with Gasteiger partial charge in [0, 0.05) is 13.1 Å². The Labute approximate surface area is 131 Å². The minimum absolute atomic E-state index is 0.0824. The highest BCUT2D eigenvalue weighted by atomic mass is 35.5. The number of fused-ring (bicyclic) bond motifs is 1. The first kappa shape index (κ1) is 14.7. The van der Waals surface area contributed by atoms with Crippen LogP contribution >= 0.6 is 11.6 Å². The van der Waals surface area contributed by atoms with E-state index in [1.807, 2.05) is 17.0 Å². The van der Waals surface area contributed by atoms with Gasteiger partial charge in [-0.25, -0.2) is 0 Å². The number of piperidine rings is 1. The summed E-state index contributed by atoms with van der Waals surface area (Å²) in [6, 6.07) is 7.28. The fraction of sp³-hybridized carbons (Fsp3) is 0.588. The highest BCUT2D eigenvalue weighted by molar-refractivity contribution is 6.32. The lowest BCUT2D eigenvalue weighted by molar-refractivity contribution is -0.136. The van der Waals surface area contributed by atoms with E-state index in [4.69, 9.17) is 16.3 Å². The molecule has 0 aromatic heterocycles. The van der Waals surface area contributed by atoms with Gasteiger partial charge >= 0.3 is 0 Å². The Bertz CT molecular complexity index is 505. The molecule has 1 saturated heterocycles. The van der Waals surface area contributed by atoms with Crippen molar-refractivity contribution in [2.45, 2.75) is 32.1 Å². The fourth-order valence-electron chi connectivity index (χ4n) is 3.62. The van der Waals surface area contributed by atoms with Gasteiger partial charge in [-0.3, -0.25) is 4.79 Å². The molecule has 3 nitrogen and oxygen atoms in total. The SMILES string of the molecule is O=C(COc1ccccc1Cl)N1CCC2CCCCC2C1. The summed E-state index contributed by atoms with van der Waals surface area (Å²) in [7, 11) is 0. The van der Waals surface area contributed by atoms with Gasteiger partial charge in [0.1, 0.15) is 5.75 Å². The summed E-state index contributed by atoms with van der Waals surface area (Å²) < 4.78 is 5.56. The van der Waals surface area contributed by atoms with Crippen molar-refractivity contribution in [2.75, 3.05) is 19.7 Å². The Morgan fingerprint density at radius 2 is 1.95 bits per heavy atom. The Morgan fingerprint density at radius 3 is 2.76 bits per heavy atom. The van der Waals surface area contributed by atoms with Crippen LogP contribution in [-0.2, 0) is 4.79 Å². The number of para-hydroxylation sites is 1. The molecule has 2 fully saturated rings. The van der Waals surface area contributed by atoms with Crippen LogP contribution in [0.4, 0.5) is 0 Å². The molecule has 0 radical (unpaired) electrons. The number of nitrogens with zero attached hydrogens (tertiary/aromatic N) is 1. The number of hydrogen-bond donors (Lipinski definition) is 0. The van der Waals surface area contributed by atoms with E-state index in [1.54, 1.807) is 12.1 Å². The summed E-state index contributed by atoms with van der Waals surface area (Å²) in [6.45, 7) is 1.88. The molecular weight excluding hydrogens is 286 g/mol. The van der Waals surface area contributed by atoms with Crippen molar-refractivity contribution in [1.29, 1.82) is 0 Å². The molecule has 1 aliphatic heterocycles. The average molecular weight is 308 g/mol. The van der Waals surface area contributed by atoms with Crippen molar-refractivity contribution in [3.8, 4) is 5.75 Å². The molecule has 4 heteroatoms. The van der Waals surface area contributed by atoms with Gasteiger partial charge in [0.05, 0.1) is 5.02 Å². The maximum atomic E-state index is 12.3. The first-order valence-corrected chi connectivity index (χ1v) is 8.27. The monoisotopic (exact) mass is 307 g/mol. The number of halogens is 1. The van der Waals surface area contributed by atoms with Crippen molar-refractivity contribution in [1.82, 2.24) is 4.90 Å². The van der Waals surface area contributed by atoms with Gasteiger partial charge < -0.3 is 9.64 Å². The van der Waals surface area contributed by atoms with Crippen LogP contribution in [0.3, 0.4) is 0 Å². The molecule has 2 aliphatic rings. The number of hydrogen-bond acceptors (Lipinski definition) is 2. The zero-order chi connectivity index (χ0) is 14.7. The molecule has 1 aromatic carbocycles.